The summed E-state index contributed by atoms with van der Waals surface area (Å²) in [5.41, 5.74) is 1.02. The van der Waals surface area contributed by atoms with E-state index in [2.05, 4.69) is 10.3 Å². The first-order valence-electron chi connectivity index (χ1n) is 4.89. The molecule has 1 amide bonds. The van der Waals surface area contributed by atoms with Crippen LogP contribution < -0.4 is 5.32 Å². The Morgan fingerprint density at radius 3 is 3.07 bits per heavy atom. The summed E-state index contributed by atoms with van der Waals surface area (Å²) in [5, 5.41) is 5.79. The fraction of sp³-hybridized carbons (Fsp3) is 0.600. The number of hydrogen-bond acceptors (Lipinski definition) is 4. The number of nitrogens with one attached hydrogen (secondary N) is 1. The monoisotopic (exact) mass is 228 g/mol. The van der Waals surface area contributed by atoms with Gasteiger partial charge >= 0.3 is 0 Å². The van der Waals surface area contributed by atoms with Crippen molar-refractivity contribution in [3.05, 3.63) is 16.1 Å². The van der Waals surface area contributed by atoms with Crippen molar-refractivity contribution in [1.82, 2.24) is 10.3 Å². The molecular weight excluding hydrogens is 212 g/mol. The zero-order valence-electron chi connectivity index (χ0n) is 9.08. The maximum atomic E-state index is 11.3. The number of hydrogen-bond donors (Lipinski definition) is 1. The highest BCUT2D eigenvalue weighted by atomic mass is 32.1. The van der Waals surface area contributed by atoms with Crippen molar-refractivity contribution in [2.24, 2.45) is 0 Å². The Hall–Kier alpha value is -0.940. The number of thiazole rings is 1. The molecule has 1 rings (SSSR count). The van der Waals surface area contributed by atoms with Crippen LogP contribution in [0, 0.1) is 6.92 Å². The van der Waals surface area contributed by atoms with E-state index < -0.39 is 0 Å². The van der Waals surface area contributed by atoms with Gasteiger partial charge in [0, 0.05) is 37.6 Å². The standard InChI is InChI=1S/C10H16N2O2S/c1-8-7-15-10(12-8)4-3-9(13)11-5-6-14-2/h7H,3-6H2,1-2H3,(H,11,13). The van der Waals surface area contributed by atoms with Gasteiger partial charge in [-0.25, -0.2) is 4.98 Å². The molecule has 0 aromatic carbocycles. The molecule has 0 unspecified atom stereocenters. The van der Waals surface area contributed by atoms with Gasteiger partial charge in [0.25, 0.3) is 0 Å². The zero-order valence-corrected chi connectivity index (χ0v) is 9.89. The van der Waals surface area contributed by atoms with Crippen LogP contribution >= 0.6 is 11.3 Å². The van der Waals surface area contributed by atoms with Crippen molar-refractivity contribution in [3.63, 3.8) is 0 Å². The maximum absolute atomic E-state index is 11.3. The molecule has 0 aliphatic heterocycles. The van der Waals surface area contributed by atoms with Gasteiger partial charge < -0.3 is 10.1 Å². The van der Waals surface area contributed by atoms with E-state index in [4.69, 9.17) is 4.74 Å². The third kappa shape index (κ3) is 4.90. The number of aromatic nitrogens is 1. The summed E-state index contributed by atoms with van der Waals surface area (Å²) in [6.07, 6.45) is 1.22. The molecule has 0 saturated carbocycles. The highest BCUT2D eigenvalue weighted by Gasteiger charge is 2.03. The van der Waals surface area contributed by atoms with Crippen LogP contribution in [0.1, 0.15) is 17.1 Å². The van der Waals surface area contributed by atoms with E-state index in [1.807, 2.05) is 12.3 Å². The van der Waals surface area contributed by atoms with Gasteiger partial charge in [0.2, 0.25) is 5.91 Å². The van der Waals surface area contributed by atoms with Gasteiger partial charge in [0.05, 0.1) is 11.6 Å². The van der Waals surface area contributed by atoms with Crippen LogP contribution in [0.15, 0.2) is 5.38 Å². The zero-order chi connectivity index (χ0) is 11.1. The molecule has 84 valence electrons. The predicted octanol–water partition coefficient (Wildman–Crippen LogP) is 1.15. The van der Waals surface area contributed by atoms with Gasteiger partial charge in [-0.3, -0.25) is 4.79 Å². The van der Waals surface area contributed by atoms with Crippen LogP contribution in [0.2, 0.25) is 0 Å². The summed E-state index contributed by atoms with van der Waals surface area (Å²) in [5.74, 6) is 0.0555. The fourth-order valence-electron chi connectivity index (χ4n) is 1.12. The number of ether oxygens (including phenoxy) is 1. The summed E-state index contributed by atoms with van der Waals surface area (Å²) in [6.45, 7) is 3.09. The predicted molar refractivity (Wildman–Crippen MR) is 60.1 cm³/mol. The quantitative estimate of drug-likeness (QED) is 0.743. The first-order chi connectivity index (χ1) is 7.22. The lowest BCUT2D eigenvalue weighted by Crippen LogP contribution is -2.27. The number of amides is 1. The SMILES string of the molecule is COCCNC(=O)CCc1nc(C)cs1. The molecule has 0 bridgehead atoms. The number of nitrogens with zero attached hydrogens (tertiary/aromatic N) is 1. The number of carbonyl (C=O) groups is 1. The highest BCUT2D eigenvalue weighted by Crippen LogP contribution is 2.10. The van der Waals surface area contributed by atoms with E-state index in [1.54, 1.807) is 18.4 Å². The van der Waals surface area contributed by atoms with Crippen molar-refractivity contribution >= 4 is 17.2 Å². The Labute approximate surface area is 93.7 Å². The summed E-state index contributed by atoms with van der Waals surface area (Å²) in [7, 11) is 1.62. The van der Waals surface area contributed by atoms with Crippen molar-refractivity contribution in [2.45, 2.75) is 19.8 Å². The largest absolute Gasteiger partial charge is 0.383 e. The van der Waals surface area contributed by atoms with Crippen molar-refractivity contribution < 1.29 is 9.53 Å². The molecule has 5 heteroatoms. The molecule has 0 radical (unpaired) electrons. The molecule has 0 saturated heterocycles. The minimum Gasteiger partial charge on any atom is -0.383 e. The van der Waals surface area contributed by atoms with Gasteiger partial charge in [0.15, 0.2) is 0 Å². The average Bonchev–Trinajstić information content (AvgIpc) is 2.62. The van der Waals surface area contributed by atoms with Crippen LogP contribution in [-0.4, -0.2) is 31.2 Å². The van der Waals surface area contributed by atoms with Crippen LogP contribution in [0.4, 0.5) is 0 Å². The summed E-state index contributed by atoms with van der Waals surface area (Å²) in [4.78, 5) is 15.6. The van der Waals surface area contributed by atoms with Crippen LogP contribution in [-0.2, 0) is 16.0 Å². The minimum absolute atomic E-state index is 0.0555. The minimum atomic E-state index is 0.0555. The Morgan fingerprint density at radius 2 is 2.47 bits per heavy atom. The third-order valence-corrected chi connectivity index (χ3v) is 2.89. The lowest BCUT2D eigenvalue weighted by molar-refractivity contribution is -0.121. The Bertz CT molecular complexity index is 312. The third-order valence-electron chi connectivity index (χ3n) is 1.86. The first kappa shape index (κ1) is 12.1. The van der Waals surface area contributed by atoms with E-state index in [0.29, 0.717) is 19.6 Å². The van der Waals surface area contributed by atoms with E-state index in [0.717, 1.165) is 17.1 Å². The van der Waals surface area contributed by atoms with E-state index in [1.165, 1.54) is 0 Å². The molecule has 1 aromatic rings. The number of methoxy groups -OCH3 is 1. The lowest BCUT2D eigenvalue weighted by Gasteiger charge is -2.02. The molecule has 0 fully saturated rings. The van der Waals surface area contributed by atoms with Crippen molar-refractivity contribution in [2.75, 3.05) is 20.3 Å². The van der Waals surface area contributed by atoms with Gasteiger partial charge in [-0.1, -0.05) is 0 Å². The van der Waals surface area contributed by atoms with Gasteiger partial charge in [-0.05, 0) is 6.92 Å². The van der Waals surface area contributed by atoms with E-state index >= 15 is 0 Å². The smallest absolute Gasteiger partial charge is 0.220 e. The Balaban J connectivity index is 2.16. The average molecular weight is 228 g/mol. The van der Waals surface area contributed by atoms with Gasteiger partial charge in [-0.15, -0.1) is 11.3 Å². The Kier molecular flexibility index (Phi) is 5.28. The molecule has 15 heavy (non-hydrogen) atoms. The topological polar surface area (TPSA) is 51.2 Å². The highest BCUT2D eigenvalue weighted by molar-refractivity contribution is 7.09. The molecule has 1 N–H and O–H groups in total. The summed E-state index contributed by atoms with van der Waals surface area (Å²) in [6, 6.07) is 0. The van der Waals surface area contributed by atoms with Crippen LogP contribution in [0.5, 0.6) is 0 Å². The molecule has 1 aromatic heterocycles. The number of carbonyl (C=O) groups excluding carboxylic acids is 1. The summed E-state index contributed by atoms with van der Waals surface area (Å²) >= 11 is 1.60. The summed E-state index contributed by atoms with van der Waals surface area (Å²) < 4.78 is 4.83. The molecule has 0 atom stereocenters. The molecule has 0 spiro atoms. The van der Waals surface area contributed by atoms with Crippen molar-refractivity contribution in [1.29, 1.82) is 0 Å². The number of rotatable bonds is 6. The second-order valence-corrected chi connectivity index (χ2v) is 4.17. The fourth-order valence-corrected chi connectivity index (χ4v) is 1.89. The van der Waals surface area contributed by atoms with Gasteiger partial charge in [-0.2, -0.15) is 0 Å². The molecule has 1 heterocycles. The van der Waals surface area contributed by atoms with Gasteiger partial charge in [0.1, 0.15) is 0 Å². The second-order valence-electron chi connectivity index (χ2n) is 3.23. The van der Waals surface area contributed by atoms with Crippen LogP contribution in [0.3, 0.4) is 0 Å². The van der Waals surface area contributed by atoms with E-state index in [9.17, 15) is 4.79 Å². The maximum Gasteiger partial charge on any atom is 0.220 e. The first-order valence-corrected chi connectivity index (χ1v) is 5.77. The lowest BCUT2D eigenvalue weighted by atomic mass is 10.3. The molecule has 4 nitrogen and oxygen atoms in total. The Morgan fingerprint density at radius 1 is 1.67 bits per heavy atom. The normalized spacial score (nSPS) is 10.3. The molecule has 0 aliphatic carbocycles. The van der Waals surface area contributed by atoms with Crippen molar-refractivity contribution in [3.8, 4) is 0 Å². The number of aryl methyl sites for hydroxylation is 2. The van der Waals surface area contributed by atoms with Crippen LogP contribution in [0.25, 0.3) is 0 Å². The molecule has 0 aliphatic rings. The second kappa shape index (κ2) is 6.53. The van der Waals surface area contributed by atoms with E-state index in [-0.39, 0.29) is 5.91 Å². The molecular formula is C10H16N2O2S.